The van der Waals surface area contributed by atoms with Gasteiger partial charge in [0.1, 0.15) is 15.4 Å². The van der Waals surface area contributed by atoms with Gasteiger partial charge in [0.25, 0.3) is 0 Å². The molecule has 0 heterocycles. The van der Waals surface area contributed by atoms with Gasteiger partial charge in [0, 0.05) is 32.1 Å². The van der Waals surface area contributed by atoms with Crippen LogP contribution in [0.2, 0.25) is 6.04 Å². The van der Waals surface area contributed by atoms with Gasteiger partial charge >= 0.3 is 0 Å². The quantitative estimate of drug-likeness (QED) is 0.327. The highest BCUT2D eigenvalue weighted by atomic mass is 28.2. The zero-order valence-electron chi connectivity index (χ0n) is 11.3. The number of rotatable bonds is 8. The molecule has 5 heteroatoms. The van der Waals surface area contributed by atoms with Gasteiger partial charge in [-0.2, -0.15) is 0 Å². The van der Waals surface area contributed by atoms with E-state index in [4.69, 9.17) is 15.2 Å². The maximum absolute atomic E-state index is 5.86. The third-order valence-corrected chi connectivity index (χ3v) is 4.23. The summed E-state index contributed by atoms with van der Waals surface area (Å²) in [6.45, 7) is 2.97. The molecule has 100 valence electrons. The molecule has 0 fully saturated rings. The Balaban J connectivity index is 2.24. The van der Waals surface area contributed by atoms with Gasteiger partial charge in [-0.25, -0.2) is 0 Å². The number of nitrogen functional groups attached to an aromatic ring is 1. The summed E-state index contributed by atoms with van der Waals surface area (Å²) >= 11 is 0. The molecule has 0 saturated heterocycles. The van der Waals surface area contributed by atoms with Gasteiger partial charge in [0.05, 0.1) is 0 Å². The average molecular weight is 266 g/mol. The molecule has 0 aliphatic carbocycles. The van der Waals surface area contributed by atoms with Crippen molar-refractivity contribution in [1.29, 1.82) is 0 Å². The Kier molecular flexibility index (Phi) is 6.78. The standard InChI is InChI=1S/C13H22N2O2Si/c1-10-11(14)6-4-7-12(10)15-8-5-9-18-13(16-2)17-3/h4,6-7,13,15H,5,8-9,14H2,1-3H3. The first-order valence-electron chi connectivity index (χ1n) is 6.07. The minimum absolute atomic E-state index is 0.0564. The van der Waals surface area contributed by atoms with Crippen LogP contribution in [0.4, 0.5) is 11.4 Å². The van der Waals surface area contributed by atoms with Gasteiger partial charge in [0.15, 0.2) is 0 Å². The highest BCUT2D eigenvalue weighted by molar-refractivity contribution is 6.36. The van der Waals surface area contributed by atoms with Crippen LogP contribution in [0.1, 0.15) is 12.0 Å². The molecule has 0 bridgehead atoms. The second-order valence-electron chi connectivity index (χ2n) is 4.06. The zero-order valence-corrected chi connectivity index (χ0v) is 12.3. The second kappa shape index (κ2) is 8.13. The fourth-order valence-electron chi connectivity index (χ4n) is 1.64. The van der Waals surface area contributed by atoms with E-state index in [0.717, 1.165) is 35.9 Å². The summed E-state index contributed by atoms with van der Waals surface area (Å²) in [5, 5.41) is 3.41. The van der Waals surface area contributed by atoms with Crippen LogP contribution >= 0.6 is 0 Å². The third kappa shape index (κ3) is 4.68. The van der Waals surface area contributed by atoms with Crippen LogP contribution in [0, 0.1) is 6.92 Å². The molecule has 18 heavy (non-hydrogen) atoms. The van der Waals surface area contributed by atoms with E-state index in [9.17, 15) is 0 Å². The first kappa shape index (κ1) is 15.0. The number of anilines is 2. The lowest BCUT2D eigenvalue weighted by Crippen LogP contribution is -2.21. The van der Waals surface area contributed by atoms with Gasteiger partial charge in [-0.3, -0.25) is 0 Å². The molecule has 0 aliphatic rings. The van der Waals surface area contributed by atoms with E-state index < -0.39 is 0 Å². The molecule has 0 spiro atoms. The maximum atomic E-state index is 5.86. The second-order valence-corrected chi connectivity index (χ2v) is 5.44. The van der Waals surface area contributed by atoms with E-state index in [1.54, 1.807) is 14.2 Å². The highest BCUT2D eigenvalue weighted by Crippen LogP contribution is 2.20. The Morgan fingerprint density at radius 2 is 2.06 bits per heavy atom. The Labute approximate surface area is 112 Å². The summed E-state index contributed by atoms with van der Waals surface area (Å²) in [6, 6.07) is 7.05. The van der Waals surface area contributed by atoms with Crippen molar-refractivity contribution in [2.75, 3.05) is 31.8 Å². The number of nitrogens with two attached hydrogens (primary N) is 1. The molecule has 2 radical (unpaired) electrons. The van der Waals surface area contributed by atoms with E-state index in [-0.39, 0.29) is 5.91 Å². The van der Waals surface area contributed by atoms with Crippen LogP contribution in [0.15, 0.2) is 18.2 Å². The zero-order chi connectivity index (χ0) is 13.4. The first-order valence-corrected chi connectivity index (χ1v) is 7.35. The molecule has 1 aromatic rings. The van der Waals surface area contributed by atoms with Crippen molar-refractivity contribution in [2.24, 2.45) is 0 Å². The summed E-state index contributed by atoms with van der Waals surface area (Å²) in [5.74, 6) is -0.0564. The van der Waals surface area contributed by atoms with Crippen molar-refractivity contribution < 1.29 is 9.47 Å². The number of methoxy groups -OCH3 is 2. The molecule has 0 saturated carbocycles. The lowest BCUT2D eigenvalue weighted by atomic mass is 10.1. The van der Waals surface area contributed by atoms with Crippen molar-refractivity contribution >= 4 is 20.9 Å². The number of hydrogen-bond donors (Lipinski definition) is 2. The number of nitrogens with one attached hydrogen (secondary N) is 1. The first-order chi connectivity index (χ1) is 8.69. The van der Waals surface area contributed by atoms with Crippen molar-refractivity contribution in [2.45, 2.75) is 25.3 Å². The van der Waals surface area contributed by atoms with Crippen LogP contribution in [0.25, 0.3) is 0 Å². The van der Waals surface area contributed by atoms with Crippen molar-refractivity contribution in [3.05, 3.63) is 23.8 Å². The molecule has 1 rings (SSSR count). The Morgan fingerprint density at radius 3 is 2.72 bits per heavy atom. The topological polar surface area (TPSA) is 56.5 Å². The smallest absolute Gasteiger partial charge is 0.136 e. The van der Waals surface area contributed by atoms with Crippen LogP contribution < -0.4 is 11.1 Å². The molecule has 4 nitrogen and oxygen atoms in total. The monoisotopic (exact) mass is 266 g/mol. The molecule has 3 N–H and O–H groups in total. The fraction of sp³-hybridized carbons (Fsp3) is 0.538. The molecule has 1 aromatic carbocycles. The van der Waals surface area contributed by atoms with Gasteiger partial charge in [-0.05, 0) is 31.0 Å². The summed E-state index contributed by atoms with van der Waals surface area (Å²) in [7, 11) is 4.03. The molecular formula is C13H22N2O2Si. The summed E-state index contributed by atoms with van der Waals surface area (Å²) < 4.78 is 10.3. The van der Waals surface area contributed by atoms with E-state index >= 15 is 0 Å². The predicted octanol–water partition coefficient (Wildman–Crippen LogP) is 2.08. The Hall–Kier alpha value is -1.04. The molecule has 0 atom stereocenters. The molecule has 0 amide bonds. The van der Waals surface area contributed by atoms with E-state index in [1.165, 1.54) is 0 Å². The largest absolute Gasteiger partial charge is 0.398 e. The summed E-state index contributed by atoms with van der Waals surface area (Å²) in [5.41, 5.74) is 8.93. The molecule has 0 aliphatic heterocycles. The predicted molar refractivity (Wildman–Crippen MR) is 77.1 cm³/mol. The minimum Gasteiger partial charge on any atom is -0.398 e. The lowest BCUT2D eigenvalue weighted by Gasteiger charge is -2.13. The normalized spacial score (nSPS) is 10.9. The van der Waals surface area contributed by atoms with Gasteiger partial charge in [0.2, 0.25) is 0 Å². The molecular weight excluding hydrogens is 244 g/mol. The minimum atomic E-state index is -0.0564. The maximum Gasteiger partial charge on any atom is 0.136 e. The van der Waals surface area contributed by atoms with Crippen LogP contribution in [-0.2, 0) is 9.47 Å². The fourth-order valence-corrected chi connectivity index (χ4v) is 2.59. The van der Waals surface area contributed by atoms with Crippen molar-refractivity contribution in [3.63, 3.8) is 0 Å². The lowest BCUT2D eigenvalue weighted by molar-refractivity contribution is -0.0441. The van der Waals surface area contributed by atoms with Crippen molar-refractivity contribution in [1.82, 2.24) is 0 Å². The number of ether oxygens (including phenoxy) is 2. The highest BCUT2D eigenvalue weighted by Gasteiger charge is 2.05. The number of hydrogen-bond acceptors (Lipinski definition) is 4. The Morgan fingerprint density at radius 1 is 1.33 bits per heavy atom. The van der Waals surface area contributed by atoms with E-state index in [1.807, 2.05) is 19.1 Å². The third-order valence-electron chi connectivity index (χ3n) is 2.78. The summed E-state index contributed by atoms with van der Waals surface area (Å²) in [6.07, 6.45) is 1.09. The van der Waals surface area contributed by atoms with Gasteiger partial charge in [-0.15, -0.1) is 0 Å². The van der Waals surface area contributed by atoms with E-state index in [0.29, 0.717) is 9.52 Å². The molecule has 0 unspecified atom stereocenters. The van der Waals surface area contributed by atoms with Gasteiger partial charge in [-0.1, -0.05) is 12.1 Å². The van der Waals surface area contributed by atoms with E-state index in [2.05, 4.69) is 11.4 Å². The SMILES string of the molecule is COC(OC)[Si]CCCNc1cccc(N)c1C. The number of benzene rings is 1. The van der Waals surface area contributed by atoms with Crippen LogP contribution in [-0.4, -0.2) is 36.2 Å². The van der Waals surface area contributed by atoms with Crippen LogP contribution in [0.5, 0.6) is 0 Å². The average Bonchev–Trinajstić information content (AvgIpc) is 2.38. The summed E-state index contributed by atoms with van der Waals surface area (Å²) in [4.78, 5) is 0. The van der Waals surface area contributed by atoms with Gasteiger partial charge < -0.3 is 20.5 Å². The molecule has 0 aromatic heterocycles. The van der Waals surface area contributed by atoms with Crippen molar-refractivity contribution in [3.8, 4) is 0 Å². The van der Waals surface area contributed by atoms with Crippen LogP contribution in [0.3, 0.4) is 0 Å². The Bertz CT molecular complexity index is 357.